The molecular weight excluding hydrogens is 280 g/mol. The smallest absolute Gasteiger partial charge is 0.220 e. The van der Waals surface area contributed by atoms with Crippen molar-refractivity contribution in [2.75, 3.05) is 6.54 Å². The van der Waals surface area contributed by atoms with Gasteiger partial charge < -0.3 is 10.4 Å². The van der Waals surface area contributed by atoms with Gasteiger partial charge in [0.2, 0.25) is 5.91 Å². The first kappa shape index (κ1) is 15.6. The molecule has 0 saturated heterocycles. The third-order valence-corrected chi connectivity index (χ3v) is 3.72. The van der Waals surface area contributed by atoms with E-state index in [0.717, 1.165) is 18.6 Å². The molecule has 21 heavy (non-hydrogen) atoms. The summed E-state index contributed by atoms with van der Waals surface area (Å²) in [6.45, 7) is 0.186. The highest BCUT2D eigenvalue weighted by atomic mass is 19.2. The third-order valence-electron chi connectivity index (χ3n) is 3.72. The quantitative estimate of drug-likeness (QED) is 0.789. The van der Waals surface area contributed by atoms with Crippen LogP contribution in [0.1, 0.15) is 42.5 Å². The number of aliphatic hydroxyl groups is 1. The van der Waals surface area contributed by atoms with Crippen LogP contribution in [0.3, 0.4) is 0 Å². The summed E-state index contributed by atoms with van der Waals surface area (Å²) in [5, 5.41) is 12.4. The molecule has 4 nitrogen and oxygen atoms in total. The van der Waals surface area contributed by atoms with E-state index < -0.39 is 23.0 Å². The summed E-state index contributed by atoms with van der Waals surface area (Å²) in [6.07, 6.45) is 2.15. The van der Waals surface area contributed by atoms with E-state index in [9.17, 15) is 23.5 Å². The van der Waals surface area contributed by atoms with Gasteiger partial charge >= 0.3 is 0 Å². The van der Waals surface area contributed by atoms with Gasteiger partial charge in [-0.25, -0.2) is 8.78 Å². The fourth-order valence-electron chi connectivity index (χ4n) is 2.15. The average Bonchev–Trinajstić information content (AvgIpc) is 2.43. The molecule has 1 aliphatic carbocycles. The van der Waals surface area contributed by atoms with Crippen molar-refractivity contribution in [2.24, 2.45) is 0 Å². The lowest BCUT2D eigenvalue weighted by Gasteiger charge is -2.36. The summed E-state index contributed by atoms with van der Waals surface area (Å²) in [6, 6.07) is 2.90. The van der Waals surface area contributed by atoms with E-state index in [-0.39, 0.29) is 30.9 Å². The van der Waals surface area contributed by atoms with Crippen LogP contribution in [-0.2, 0) is 4.79 Å². The molecule has 1 amide bonds. The van der Waals surface area contributed by atoms with Crippen molar-refractivity contribution < 1.29 is 23.5 Å². The monoisotopic (exact) mass is 297 g/mol. The minimum absolute atomic E-state index is 0.0410. The Morgan fingerprint density at radius 3 is 2.48 bits per heavy atom. The number of amides is 1. The number of nitrogens with one attached hydrogen (secondary N) is 1. The lowest BCUT2D eigenvalue weighted by Crippen LogP contribution is -2.47. The van der Waals surface area contributed by atoms with Crippen LogP contribution in [0.15, 0.2) is 18.2 Å². The first-order chi connectivity index (χ1) is 9.89. The van der Waals surface area contributed by atoms with Crippen molar-refractivity contribution in [3.63, 3.8) is 0 Å². The van der Waals surface area contributed by atoms with Crippen molar-refractivity contribution in [1.82, 2.24) is 5.32 Å². The van der Waals surface area contributed by atoms with Crippen LogP contribution in [0.2, 0.25) is 0 Å². The van der Waals surface area contributed by atoms with E-state index in [2.05, 4.69) is 5.32 Å². The van der Waals surface area contributed by atoms with Crippen LogP contribution >= 0.6 is 0 Å². The normalized spacial score (nSPS) is 16.1. The topological polar surface area (TPSA) is 66.4 Å². The van der Waals surface area contributed by atoms with Crippen LogP contribution in [0.5, 0.6) is 0 Å². The zero-order chi connectivity index (χ0) is 15.5. The number of ketones is 1. The van der Waals surface area contributed by atoms with E-state index in [1.165, 1.54) is 6.07 Å². The lowest BCUT2D eigenvalue weighted by atomic mass is 9.80. The molecule has 2 rings (SSSR count). The van der Waals surface area contributed by atoms with E-state index in [4.69, 9.17) is 0 Å². The second-order valence-electron chi connectivity index (χ2n) is 5.41. The molecule has 0 unspecified atom stereocenters. The summed E-state index contributed by atoms with van der Waals surface area (Å²) in [4.78, 5) is 23.3. The Hall–Kier alpha value is -1.82. The Kier molecular flexibility index (Phi) is 4.67. The Bertz CT molecular complexity index is 556. The van der Waals surface area contributed by atoms with Gasteiger partial charge in [-0.1, -0.05) is 0 Å². The summed E-state index contributed by atoms with van der Waals surface area (Å²) < 4.78 is 25.8. The summed E-state index contributed by atoms with van der Waals surface area (Å²) in [5.74, 6) is -2.87. The molecule has 6 heteroatoms. The minimum Gasteiger partial charge on any atom is -0.388 e. The largest absolute Gasteiger partial charge is 0.388 e. The number of halogens is 2. The van der Waals surface area contributed by atoms with E-state index in [0.29, 0.717) is 12.8 Å². The van der Waals surface area contributed by atoms with E-state index in [1.54, 1.807) is 0 Å². The molecule has 1 aliphatic rings. The third kappa shape index (κ3) is 4.07. The van der Waals surface area contributed by atoms with Gasteiger partial charge in [-0.3, -0.25) is 9.59 Å². The number of carbonyl (C=O) groups is 2. The van der Waals surface area contributed by atoms with Crippen LogP contribution < -0.4 is 5.32 Å². The summed E-state index contributed by atoms with van der Waals surface area (Å²) >= 11 is 0. The fraction of sp³-hybridized carbons (Fsp3) is 0.467. The maximum Gasteiger partial charge on any atom is 0.220 e. The van der Waals surface area contributed by atoms with Crippen molar-refractivity contribution in [1.29, 1.82) is 0 Å². The maximum atomic E-state index is 13.0. The molecule has 0 aliphatic heterocycles. The SMILES string of the molecule is O=C(CCC(=O)c1ccc(F)c(F)c1)NCC1(O)CCC1. The van der Waals surface area contributed by atoms with Crippen LogP contribution in [0.25, 0.3) is 0 Å². The molecule has 1 aromatic carbocycles. The second-order valence-corrected chi connectivity index (χ2v) is 5.41. The van der Waals surface area contributed by atoms with Gasteiger partial charge in [0.1, 0.15) is 0 Å². The number of hydrogen-bond donors (Lipinski definition) is 2. The molecule has 0 heterocycles. The molecule has 2 N–H and O–H groups in total. The molecule has 0 spiro atoms. The molecule has 0 aromatic heterocycles. The van der Waals surface area contributed by atoms with E-state index >= 15 is 0 Å². The Balaban J connectivity index is 1.77. The van der Waals surface area contributed by atoms with Gasteiger partial charge in [-0.2, -0.15) is 0 Å². The Labute approximate surface area is 121 Å². The predicted molar refractivity (Wildman–Crippen MR) is 71.7 cm³/mol. The molecule has 1 aromatic rings. The molecule has 1 fully saturated rings. The van der Waals surface area contributed by atoms with Gasteiger partial charge in [0.15, 0.2) is 17.4 Å². The predicted octanol–water partition coefficient (Wildman–Crippen LogP) is 1.96. The highest BCUT2D eigenvalue weighted by Crippen LogP contribution is 2.30. The number of rotatable bonds is 6. The number of Topliss-reactive ketones (excluding diaryl/α,β-unsaturated/α-hetero) is 1. The maximum absolute atomic E-state index is 13.0. The van der Waals surface area contributed by atoms with E-state index in [1.807, 2.05) is 0 Å². The zero-order valence-corrected chi connectivity index (χ0v) is 11.5. The van der Waals surface area contributed by atoms with Crippen LogP contribution in [0.4, 0.5) is 8.78 Å². The average molecular weight is 297 g/mol. The molecular formula is C15H17F2NO3. The highest BCUT2D eigenvalue weighted by molar-refractivity contribution is 5.97. The van der Waals surface area contributed by atoms with Gasteiger partial charge in [-0.05, 0) is 37.5 Å². The Morgan fingerprint density at radius 1 is 1.19 bits per heavy atom. The van der Waals surface area contributed by atoms with Crippen molar-refractivity contribution in [3.05, 3.63) is 35.4 Å². The van der Waals surface area contributed by atoms with Gasteiger partial charge in [0.25, 0.3) is 0 Å². The zero-order valence-electron chi connectivity index (χ0n) is 11.5. The number of carbonyl (C=O) groups excluding carboxylic acids is 2. The second kappa shape index (κ2) is 6.30. The van der Waals surface area contributed by atoms with Crippen LogP contribution in [0, 0.1) is 11.6 Å². The van der Waals surface area contributed by atoms with Crippen molar-refractivity contribution in [3.8, 4) is 0 Å². The molecule has 0 bridgehead atoms. The first-order valence-corrected chi connectivity index (χ1v) is 6.87. The van der Waals surface area contributed by atoms with Crippen molar-refractivity contribution in [2.45, 2.75) is 37.7 Å². The van der Waals surface area contributed by atoms with Gasteiger partial charge in [-0.15, -0.1) is 0 Å². The molecule has 114 valence electrons. The lowest BCUT2D eigenvalue weighted by molar-refractivity contribution is -0.123. The summed E-state index contributed by atoms with van der Waals surface area (Å²) in [7, 11) is 0. The molecule has 1 saturated carbocycles. The standard InChI is InChI=1S/C15H17F2NO3/c16-11-3-2-10(8-12(11)17)13(19)4-5-14(20)18-9-15(21)6-1-7-15/h2-3,8,21H,1,4-7,9H2,(H,18,20). The van der Waals surface area contributed by atoms with Crippen molar-refractivity contribution >= 4 is 11.7 Å². The fourth-order valence-corrected chi connectivity index (χ4v) is 2.15. The Morgan fingerprint density at radius 2 is 1.90 bits per heavy atom. The molecule has 0 radical (unpaired) electrons. The number of hydrogen-bond acceptors (Lipinski definition) is 3. The molecule has 0 atom stereocenters. The first-order valence-electron chi connectivity index (χ1n) is 6.87. The number of benzene rings is 1. The minimum atomic E-state index is -1.09. The van der Waals surface area contributed by atoms with Crippen LogP contribution in [-0.4, -0.2) is 28.9 Å². The van der Waals surface area contributed by atoms with Gasteiger partial charge in [0, 0.05) is 24.9 Å². The highest BCUT2D eigenvalue weighted by Gasteiger charge is 2.34. The summed E-state index contributed by atoms with van der Waals surface area (Å²) in [5.41, 5.74) is -0.765. The van der Waals surface area contributed by atoms with Gasteiger partial charge in [0.05, 0.1) is 5.60 Å².